The van der Waals surface area contributed by atoms with Crippen molar-refractivity contribution in [3.63, 3.8) is 0 Å². The SMILES string of the molecule is c1ccc(-c2nc(-c3ccccc3)nc(-c3ccc4c(c3)C3(c5ccccc5Oc5ccccc53)c3c(-c5cccc(-c6nc(-c7ccccc7)c7sc8ccccc8c7n6)c5)cccc3-4)n2)cc1. The van der Waals surface area contributed by atoms with Gasteiger partial charge in [0.1, 0.15) is 11.5 Å². The van der Waals surface area contributed by atoms with Crippen LogP contribution in [0.3, 0.4) is 0 Å². The van der Waals surface area contributed by atoms with Crippen LogP contribution in [-0.2, 0) is 5.41 Å². The Morgan fingerprint density at radius 1 is 0.348 bits per heavy atom. The van der Waals surface area contributed by atoms with Crippen LogP contribution in [0.1, 0.15) is 22.3 Å². The molecule has 1 aliphatic carbocycles. The normalized spacial score (nSPS) is 12.9. The molecular formula is C62H37N5OS. The van der Waals surface area contributed by atoms with Gasteiger partial charge in [0.15, 0.2) is 23.3 Å². The number of ether oxygens (including phenoxy) is 1. The predicted molar refractivity (Wildman–Crippen MR) is 278 cm³/mol. The monoisotopic (exact) mass is 899 g/mol. The predicted octanol–water partition coefficient (Wildman–Crippen LogP) is 15.5. The first kappa shape index (κ1) is 39.3. The topological polar surface area (TPSA) is 73.7 Å². The fourth-order valence-electron chi connectivity index (χ4n) is 10.6. The smallest absolute Gasteiger partial charge is 0.164 e. The van der Waals surface area contributed by atoms with Gasteiger partial charge in [0.2, 0.25) is 0 Å². The van der Waals surface area contributed by atoms with Crippen LogP contribution in [0.25, 0.3) is 99.4 Å². The second-order valence-corrected chi connectivity index (χ2v) is 18.5. The summed E-state index contributed by atoms with van der Waals surface area (Å²) >= 11 is 1.75. The summed E-state index contributed by atoms with van der Waals surface area (Å²) in [7, 11) is 0. The summed E-state index contributed by atoms with van der Waals surface area (Å²) in [5.74, 6) is 4.16. The summed E-state index contributed by atoms with van der Waals surface area (Å²) in [5, 5.41) is 1.14. The van der Waals surface area contributed by atoms with Gasteiger partial charge < -0.3 is 4.74 Å². The van der Waals surface area contributed by atoms with E-state index in [0.717, 1.165) is 99.6 Å². The summed E-state index contributed by atoms with van der Waals surface area (Å²) in [4.78, 5) is 26.2. The molecule has 0 atom stereocenters. The Balaban J connectivity index is 1.00. The van der Waals surface area contributed by atoms with Gasteiger partial charge in [0.25, 0.3) is 0 Å². The highest BCUT2D eigenvalue weighted by molar-refractivity contribution is 7.26. The largest absolute Gasteiger partial charge is 0.457 e. The molecule has 12 aromatic rings. The van der Waals surface area contributed by atoms with Crippen LogP contribution in [-0.4, -0.2) is 24.9 Å². The average Bonchev–Trinajstić information content (AvgIpc) is 3.95. The quantitative estimate of drug-likeness (QED) is 0.166. The van der Waals surface area contributed by atoms with Crippen LogP contribution < -0.4 is 4.74 Å². The van der Waals surface area contributed by atoms with Gasteiger partial charge >= 0.3 is 0 Å². The van der Waals surface area contributed by atoms with Crippen molar-refractivity contribution in [1.82, 2.24) is 24.9 Å². The third kappa shape index (κ3) is 6.14. The standard InChI is InChI=1S/C62H37N5OS/c1-4-18-38(19-5-1)55-57-56(47-26-10-15-33-53(47)69-57)64-60(63-55)42-25-16-24-41(36-42)44-27-17-28-46-45-35-34-43(61-66-58(39-20-6-2-7-21-39)65-59(67-61)40-22-8-3-9-23-40)37-50(45)62(54(44)46)48-29-11-13-31-51(48)68-52-32-14-12-30-49(52)62/h1-37H. The number of hydrogen-bond donors (Lipinski definition) is 0. The molecular weight excluding hydrogens is 863 g/mol. The van der Waals surface area contributed by atoms with E-state index < -0.39 is 5.41 Å². The molecule has 4 heterocycles. The molecule has 9 aromatic carbocycles. The highest BCUT2D eigenvalue weighted by Gasteiger charge is 2.52. The molecule has 0 unspecified atom stereocenters. The second kappa shape index (κ2) is 15.6. The lowest BCUT2D eigenvalue weighted by molar-refractivity contribution is 0.436. The fourth-order valence-corrected chi connectivity index (χ4v) is 11.8. The Hall–Kier alpha value is -8.91. The Morgan fingerprint density at radius 3 is 1.57 bits per heavy atom. The van der Waals surface area contributed by atoms with Gasteiger partial charge in [0.05, 0.1) is 21.3 Å². The van der Waals surface area contributed by atoms with Crippen molar-refractivity contribution in [2.45, 2.75) is 5.41 Å². The number of thiophene rings is 1. The van der Waals surface area contributed by atoms with Crippen molar-refractivity contribution >= 4 is 31.6 Å². The van der Waals surface area contributed by atoms with Crippen molar-refractivity contribution < 1.29 is 4.74 Å². The maximum absolute atomic E-state index is 6.82. The zero-order valence-corrected chi connectivity index (χ0v) is 37.7. The number of benzene rings is 9. The first-order valence-electron chi connectivity index (χ1n) is 23.1. The molecule has 14 rings (SSSR count). The number of fused-ring (bicyclic) bond motifs is 12. The number of aromatic nitrogens is 5. The summed E-state index contributed by atoms with van der Waals surface area (Å²) < 4.78 is 9.10. The van der Waals surface area contributed by atoms with Crippen molar-refractivity contribution in [3.8, 4) is 90.6 Å². The number of para-hydroxylation sites is 2. The van der Waals surface area contributed by atoms with E-state index in [9.17, 15) is 0 Å². The minimum atomic E-state index is -0.790. The van der Waals surface area contributed by atoms with Crippen molar-refractivity contribution in [2.24, 2.45) is 0 Å². The summed E-state index contributed by atoms with van der Waals surface area (Å²) in [6.45, 7) is 0. The van der Waals surface area contributed by atoms with E-state index in [-0.39, 0.29) is 0 Å². The van der Waals surface area contributed by atoms with E-state index in [0.29, 0.717) is 23.3 Å². The van der Waals surface area contributed by atoms with E-state index in [1.54, 1.807) is 11.3 Å². The average molecular weight is 900 g/mol. The summed E-state index contributed by atoms with van der Waals surface area (Å²) in [6, 6.07) is 78.5. The van der Waals surface area contributed by atoms with Gasteiger partial charge in [0, 0.05) is 49.0 Å². The van der Waals surface area contributed by atoms with Crippen LogP contribution in [0, 0.1) is 0 Å². The third-order valence-corrected chi connectivity index (χ3v) is 14.8. The molecule has 1 aliphatic heterocycles. The lowest BCUT2D eigenvalue weighted by Gasteiger charge is -2.40. The van der Waals surface area contributed by atoms with Crippen molar-refractivity contribution in [3.05, 3.63) is 247 Å². The number of rotatable bonds is 6. The lowest BCUT2D eigenvalue weighted by atomic mass is 9.64. The van der Waals surface area contributed by atoms with E-state index in [4.69, 9.17) is 29.7 Å². The minimum Gasteiger partial charge on any atom is -0.457 e. The highest BCUT2D eigenvalue weighted by Crippen LogP contribution is 2.64. The van der Waals surface area contributed by atoms with Crippen LogP contribution in [0.5, 0.6) is 11.5 Å². The Labute approximate surface area is 402 Å². The Bertz CT molecular complexity index is 3900. The van der Waals surface area contributed by atoms with E-state index in [2.05, 4.69) is 158 Å². The molecule has 2 aliphatic rings. The summed E-state index contributed by atoms with van der Waals surface area (Å²) in [5.41, 5.74) is 14.8. The van der Waals surface area contributed by atoms with Crippen LogP contribution in [0.15, 0.2) is 224 Å². The molecule has 0 saturated heterocycles. The molecule has 0 amide bonds. The lowest BCUT2D eigenvalue weighted by Crippen LogP contribution is -2.32. The molecule has 3 aromatic heterocycles. The minimum absolute atomic E-state index is 0.600. The summed E-state index contributed by atoms with van der Waals surface area (Å²) in [6.07, 6.45) is 0. The van der Waals surface area contributed by atoms with E-state index >= 15 is 0 Å². The van der Waals surface area contributed by atoms with Crippen molar-refractivity contribution in [2.75, 3.05) is 0 Å². The molecule has 0 bridgehead atoms. The first-order valence-corrected chi connectivity index (χ1v) is 23.9. The number of hydrogen-bond acceptors (Lipinski definition) is 7. The maximum atomic E-state index is 6.82. The van der Waals surface area contributed by atoms with Crippen LogP contribution in [0.2, 0.25) is 0 Å². The molecule has 0 radical (unpaired) electrons. The first-order chi connectivity index (χ1) is 34.2. The molecule has 322 valence electrons. The van der Waals surface area contributed by atoms with Crippen molar-refractivity contribution in [1.29, 1.82) is 0 Å². The van der Waals surface area contributed by atoms with Gasteiger partial charge in [-0.25, -0.2) is 24.9 Å². The van der Waals surface area contributed by atoms with Crippen LogP contribution in [0.4, 0.5) is 0 Å². The molecule has 0 N–H and O–H groups in total. The molecule has 0 saturated carbocycles. The molecule has 6 nitrogen and oxygen atoms in total. The van der Waals surface area contributed by atoms with Gasteiger partial charge in [-0.2, -0.15) is 0 Å². The van der Waals surface area contributed by atoms with E-state index in [1.807, 2.05) is 66.7 Å². The molecule has 69 heavy (non-hydrogen) atoms. The zero-order chi connectivity index (χ0) is 45.5. The van der Waals surface area contributed by atoms with Gasteiger partial charge in [-0.05, 0) is 63.7 Å². The second-order valence-electron chi connectivity index (χ2n) is 17.5. The third-order valence-electron chi connectivity index (χ3n) is 13.6. The van der Waals surface area contributed by atoms with Crippen LogP contribution >= 0.6 is 11.3 Å². The molecule has 1 spiro atoms. The maximum Gasteiger partial charge on any atom is 0.164 e. The zero-order valence-electron chi connectivity index (χ0n) is 36.9. The molecule has 7 heteroatoms. The molecule has 0 fully saturated rings. The highest BCUT2D eigenvalue weighted by atomic mass is 32.1. The fraction of sp³-hybridized carbons (Fsp3) is 0.0161. The van der Waals surface area contributed by atoms with Gasteiger partial charge in [-0.3, -0.25) is 0 Å². The number of nitrogens with zero attached hydrogens (tertiary/aromatic N) is 5. The Kier molecular flexibility index (Phi) is 8.87. The Morgan fingerprint density at radius 2 is 0.870 bits per heavy atom. The van der Waals surface area contributed by atoms with Gasteiger partial charge in [-0.15, -0.1) is 11.3 Å². The van der Waals surface area contributed by atoms with E-state index in [1.165, 1.54) is 10.3 Å². The van der Waals surface area contributed by atoms with Gasteiger partial charge in [-0.1, -0.05) is 194 Å².